The molecule has 1 fully saturated rings. The van der Waals surface area contributed by atoms with Crippen molar-refractivity contribution < 1.29 is 4.79 Å². The molecule has 6 heteroatoms. The van der Waals surface area contributed by atoms with Crippen LogP contribution in [0.2, 0.25) is 0 Å². The largest absolute Gasteiger partial charge is 0.397 e. The molecule has 2 aromatic heterocycles. The maximum atomic E-state index is 12.2. The van der Waals surface area contributed by atoms with Gasteiger partial charge in [-0.1, -0.05) is 37.6 Å². The van der Waals surface area contributed by atoms with E-state index in [9.17, 15) is 4.79 Å². The Morgan fingerprint density at radius 3 is 2.42 bits per heavy atom. The van der Waals surface area contributed by atoms with Gasteiger partial charge in [0.05, 0.1) is 17.6 Å². The van der Waals surface area contributed by atoms with E-state index in [0.29, 0.717) is 17.6 Å². The number of aromatic nitrogens is 2. The van der Waals surface area contributed by atoms with Crippen molar-refractivity contribution in [3.05, 3.63) is 82.8 Å². The Kier molecular flexibility index (Phi) is 10.2. The third-order valence-corrected chi connectivity index (χ3v) is 7.14. The molecule has 4 rings (SSSR count). The summed E-state index contributed by atoms with van der Waals surface area (Å²) in [7, 11) is 3.57. The lowest BCUT2D eigenvalue weighted by atomic mass is 9.85. The number of aryl methyl sites for hydroxylation is 1. The number of hydrogen-bond acceptors (Lipinski definition) is 5. The number of anilines is 1. The fraction of sp³-hybridized carbons (Fsp3) is 0.406. The molecule has 0 bridgehead atoms. The number of nitrogens with two attached hydrogens (primary N) is 1. The fourth-order valence-corrected chi connectivity index (χ4v) is 5.07. The maximum absolute atomic E-state index is 12.2. The van der Waals surface area contributed by atoms with Crippen LogP contribution < -0.4 is 5.73 Å². The van der Waals surface area contributed by atoms with E-state index in [1.54, 1.807) is 25.2 Å². The van der Waals surface area contributed by atoms with Gasteiger partial charge in [0.2, 0.25) is 0 Å². The highest BCUT2D eigenvalue weighted by Crippen LogP contribution is 2.33. The van der Waals surface area contributed by atoms with Crippen LogP contribution in [-0.4, -0.2) is 58.9 Å². The number of likely N-dealkylation sites (tertiary alicyclic amines) is 1. The SMILES string of the molecule is C/C(=C\c1c(-c2ccc(N)cn2)ccnc1C)CN1CCC(c2ccc(C(=O)N(C)C)cc2)CC1C.CC. The quantitative estimate of drug-likeness (QED) is 0.411. The maximum Gasteiger partial charge on any atom is 0.253 e. The molecule has 2 unspecified atom stereocenters. The molecule has 0 saturated carbocycles. The molecule has 3 aromatic rings. The van der Waals surface area contributed by atoms with Crippen molar-refractivity contribution in [3.8, 4) is 11.3 Å². The Balaban J connectivity index is 0.00000195. The minimum atomic E-state index is 0.0474. The highest BCUT2D eigenvalue weighted by atomic mass is 16.2. The summed E-state index contributed by atoms with van der Waals surface area (Å²) >= 11 is 0. The van der Waals surface area contributed by atoms with E-state index in [1.165, 1.54) is 11.1 Å². The van der Waals surface area contributed by atoms with Gasteiger partial charge in [-0.15, -0.1) is 0 Å². The molecule has 1 aliphatic heterocycles. The minimum Gasteiger partial charge on any atom is -0.397 e. The van der Waals surface area contributed by atoms with Crippen LogP contribution in [0.25, 0.3) is 17.3 Å². The number of piperidine rings is 1. The van der Waals surface area contributed by atoms with Gasteiger partial charge in [-0.3, -0.25) is 19.7 Å². The average Bonchev–Trinajstić information content (AvgIpc) is 2.92. The summed E-state index contributed by atoms with van der Waals surface area (Å²) in [6.45, 7) is 12.5. The van der Waals surface area contributed by atoms with Crippen molar-refractivity contribution in [3.63, 3.8) is 0 Å². The Morgan fingerprint density at radius 1 is 1.11 bits per heavy atom. The molecule has 0 spiro atoms. The van der Waals surface area contributed by atoms with Crippen LogP contribution in [0, 0.1) is 6.92 Å². The van der Waals surface area contributed by atoms with E-state index in [2.05, 4.69) is 46.9 Å². The van der Waals surface area contributed by atoms with E-state index in [1.807, 2.05) is 57.3 Å². The first-order valence-corrected chi connectivity index (χ1v) is 13.6. The van der Waals surface area contributed by atoms with Crippen molar-refractivity contribution in [2.75, 3.05) is 32.9 Å². The number of rotatable bonds is 6. The van der Waals surface area contributed by atoms with Crippen LogP contribution in [0.3, 0.4) is 0 Å². The normalized spacial score (nSPS) is 17.9. The van der Waals surface area contributed by atoms with Gasteiger partial charge in [0, 0.05) is 55.3 Å². The summed E-state index contributed by atoms with van der Waals surface area (Å²) in [6, 6.07) is 14.5. The first-order valence-electron chi connectivity index (χ1n) is 13.6. The van der Waals surface area contributed by atoms with Crippen LogP contribution in [0.1, 0.15) is 73.6 Å². The third-order valence-electron chi connectivity index (χ3n) is 7.14. The molecule has 0 radical (unpaired) electrons. The number of nitrogens with zero attached hydrogens (tertiary/aromatic N) is 4. The van der Waals surface area contributed by atoms with E-state index in [0.717, 1.165) is 54.0 Å². The fourth-order valence-electron chi connectivity index (χ4n) is 5.07. The number of hydrogen-bond donors (Lipinski definition) is 1. The summed E-state index contributed by atoms with van der Waals surface area (Å²) < 4.78 is 0. The lowest BCUT2D eigenvalue weighted by molar-refractivity contribution is 0.0827. The number of benzene rings is 1. The van der Waals surface area contributed by atoms with Crippen LogP contribution >= 0.6 is 0 Å². The van der Waals surface area contributed by atoms with Gasteiger partial charge in [-0.05, 0) is 82.0 Å². The van der Waals surface area contributed by atoms with Gasteiger partial charge in [-0.2, -0.15) is 0 Å². The van der Waals surface area contributed by atoms with Crippen molar-refractivity contribution in [1.29, 1.82) is 0 Å². The molecular weight excluding hydrogens is 470 g/mol. The summed E-state index contributed by atoms with van der Waals surface area (Å²) in [5.74, 6) is 0.569. The van der Waals surface area contributed by atoms with Crippen molar-refractivity contribution in [1.82, 2.24) is 19.8 Å². The summed E-state index contributed by atoms with van der Waals surface area (Å²) in [6.07, 6.45) is 8.02. The monoisotopic (exact) mass is 513 g/mol. The number of carbonyl (C=O) groups is 1. The van der Waals surface area contributed by atoms with Crippen LogP contribution in [0.15, 0.2) is 60.4 Å². The first-order chi connectivity index (χ1) is 18.2. The van der Waals surface area contributed by atoms with Crippen molar-refractivity contribution in [2.24, 2.45) is 0 Å². The van der Waals surface area contributed by atoms with Crippen LogP contribution in [-0.2, 0) is 0 Å². The topological polar surface area (TPSA) is 75.3 Å². The summed E-state index contributed by atoms with van der Waals surface area (Å²) in [4.78, 5) is 25.5. The highest BCUT2D eigenvalue weighted by Gasteiger charge is 2.26. The Morgan fingerprint density at radius 2 is 1.82 bits per heavy atom. The van der Waals surface area contributed by atoms with E-state index in [4.69, 9.17) is 5.73 Å². The molecule has 202 valence electrons. The second kappa shape index (κ2) is 13.3. The molecule has 6 nitrogen and oxygen atoms in total. The standard InChI is InChI=1S/C30H37N5O.C2H6/c1-20(16-28-22(3)32-14-12-27(28)29-11-10-26(31)18-33-29)19-35-15-13-25(17-21(35)2)23-6-8-24(9-7-23)30(36)34(4)5;1-2/h6-12,14,16,18,21,25H,13,15,17,19,31H2,1-5H3;1-2H3/b20-16+;. The Bertz CT molecular complexity index is 1230. The zero-order valence-corrected chi connectivity index (χ0v) is 24.0. The van der Waals surface area contributed by atoms with Crippen LogP contribution in [0.5, 0.6) is 0 Å². The molecule has 1 aliphatic rings. The Hall–Kier alpha value is -3.51. The molecule has 38 heavy (non-hydrogen) atoms. The van der Waals surface area contributed by atoms with Gasteiger partial charge in [0.1, 0.15) is 0 Å². The molecular formula is C32H43N5O. The second-order valence-corrected chi connectivity index (χ2v) is 10.2. The van der Waals surface area contributed by atoms with Gasteiger partial charge >= 0.3 is 0 Å². The Labute approximate surface area is 228 Å². The summed E-state index contributed by atoms with van der Waals surface area (Å²) in [5, 5.41) is 0. The number of nitrogen functional groups attached to an aromatic ring is 1. The zero-order valence-electron chi connectivity index (χ0n) is 24.0. The van der Waals surface area contributed by atoms with Gasteiger partial charge in [-0.25, -0.2) is 0 Å². The van der Waals surface area contributed by atoms with E-state index >= 15 is 0 Å². The van der Waals surface area contributed by atoms with E-state index in [-0.39, 0.29) is 5.91 Å². The number of pyridine rings is 2. The first kappa shape index (κ1) is 29.1. The molecule has 1 aromatic carbocycles. The average molecular weight is 514 g/mol. The van der Waals surface area contributed by atoms with Crippen LogP contribution in [0.4, 0.5) is 5.69 Å². The molecule has 1 saturated heterocycles. The molecule has 3 heterocycles. The van der Waals surface area contributed by atoms with Gasteiger partial charge in [0.15, 0.2) is 0 Å². The predicted octanol–water partition coefficient (Wildman–Crippen LogP) is 6.43. The van der Waals surface area contributed by atoms with Crippen molar-refractivity contribution in [2.45, 2.75) is 59.4 Å². The third kappa shape index (κ3) is 7.07. The van der Waals surface area contributed by atoms with Gasteiger partial charge in [0.25, 0.3) is 5.91 Å². The summed E-state index contributed by atoms with van der Waals surface area (Å²) in [5.41, 5.74) is 14.0. The number of amides is 1. The zero-order chi connectivity index (χ0) is 27.8. The smallest absolute Gasteiger partial charge is 0.253 e. The lowest BCUT2D eigenvalue weighted by Crippen LogP contribution is -2.40. The van der Waals surface area contributed by atoms with E-state index < -0.39 is 0 Å². The minimum absolute atomic E-state index is 0.0474. The van der Waals surface area contributed by atoms with Crippen molar-refractivity contribution >= 4 is 17.7 Å². The molecule has 2 N–H and O–H groups in total. The lowest BCUT2D eigenvalue weighted by Gasteiger charge is -2.38. The highest BCUT2D eigenvalue weighted by molar-refractivity contribution is 5.93. The second-order valence-electron chi connectivity index (χ2n) is 10.2. The van der Waals surface area contributed by atoms with Gasteiger partial charge < -0.3 is 10.6 Å². The molecule has 0 aliphatic carbocycles. The number of carbonyl (C=O) groups excluding carboxylic acids is 1. The molecule has 1 amide bonds. The predicted molar refractivity (Wildman–Crippen MR) is 159 cm³/mol. The molecule has 2 atom stereocenters.